The Morgan fingerprint density at radius 3 is 2.89 bits per heavy atom. The molecule has 1 aliphatic rings. The van der Waals surface area contributed by atoms with E-state index in [0.717, 1.165) is 17.3 Å². The number of amides is 1. The number of hydrogen-bond acceptors (Lipinski definition) is 3. The second-order valence-corrected chi connectivity index (χ2v) is 5.52. The summed E-state index contributed by atoms with van der Waals surface area (Å²) >= 11 is 3.32. The van der Waals surface area contributed by atoms with Crippen LogP contribution >= 0.6 is 28.3 Å². The van der Waals surface area contributed by atoms with Crippen molar-refractivity contribution in [3.63, 3.8) is 0 Å². The summed E-state index contributed by atoms with van der Waals surface area (Å²) in [7, 11) is 0. The van der Waals surface area contributed by atoms with Gasteiger partial charge in [0.15, 0.2) is 0 Å². The van der Waals surface area contributed by atoms with Gasteiger partial charge in [-0.05, 0) is 38.0 Å². The van der Waals surface area contributed by atoms with Crippen LogP contribution in [0.1, 0.15) is 30.1 Å². The highest BCUT2D eigenvalue weighted by molar-refractivity contribution is 9.10. The molecule has 4 nitrogen and oxygen atoms in total. The molecule has 0 radical (unpaired) electrons. The molecule has 3 N–H and O–H groups in total. The van der Waals surface area contributed by atoms with Gasteiger partial charge < -0.3 is 15.8 Å². The van der Waals surface area contributed by atoms with Gasteiger partial charge >= 0.3 is 0 Å². The maximum absolute atomic E-state index is 12.1. The first-order valence-corrected chi connectivity index (χ1v) is 6.83. The largest absolute Gasteiger partial charge is 0.398 e. The minimum atomic E-state index is -0.112. The highest BCUT2D eigenvalue weighted by Crippen LogP contribution is 2.19. The number of carbonyl (C=O) groups excluding carboxylic acids is 1. The Bertz CT molecular complexity index is 456. The number of nitrogens with one attached hydrogen (secondary N) is 1. The first-order chi connectivity index (χ1) is 8.56. The number of hydrogen-bond donors (Lipinski definition) is 2. The molecule has 106 valence electrons. The molecule has 2 atom stereocenters. The van der Waals surface area contributed by atoms with Crippen LogP contribution in [0.15, 0.2) is 22.7 Å². The van der Waals surface area contributed by atoms with Gasteiger partial charge in [0.25, 0.3) is 5.91 Å². The summed E-state index contributed by atoms with van der Waals surface area (Å²) in [5.41, 5.74) is 6.85. The van der Waals surface area contributed by atoms with Crippen LogP contribution in [0.2, 0.25) is 0 Å². The maximum atomic E-state index is 12.1. The summed E-state index contributed by atoms with van der Waals surface area (Å²) in [6.07, 6.45) is 1.90. The molecule has 1 amide bonds. The molecule has 1 fully saturated rings. The lowest BCUT2D eigenvalue weighted by Crippen LogP contribution is -2.41. The minimum Gasteiger partial charge on any atom is -0.398 e. The molecule has 1 aliphatic heterocycles. The van der Waals surface area contributed by atoms with Gasteiger partial charge in [-0.3, -0.25) is 4.79 Å². The van der Waals surface area contributed by atoms with E-state index in [1.54, 1.807) is 12.1 Å². The van der Waals surface area contributed by atoms with Crippen molar-refractivity contribution in [1.29, 1.82) is 0 Å². The van der Waals surface area contributed by atoms with E-state index in [9.17, 15) is 4.79 Å². The van der Waals surface area contributed by atoms with Gasteiger partial charge in [-0.2, -0.15) is 0 Å². The minimum absolute atomic E-state index is 0. The molecule has 19 heavy (non-hydrogen) atoms. The Hall–Kier alpha value is -0.780. The van der Waals surface area contributed by atoms with Gasteiger partial charge in [0.05, 0.1) is 11.7 Å². The zero-order valence-electron chi connectivity index (χ0n) is 10.7. The summed E-state index contributed by atoms with van der Waals surface area (Å²) in [4.78, 5) is 12.1. The van der Waals surface area contributed by atoms with Crippen LogP contribution < -0.4 is 11.1 Å². The summed E-state index contributed by atoms with van der Waals surface area (Å²) in [6.45, 7) is 2.72. The van der Waals surface area contributed by atoms with Gasteiger partial charge in [0, 0.05) is 22.8 Å². The monoisotopic (exact) mass is 348 g/mol. The smallest absolute Gasteiger partial charge is 0.253 e. The Kier molecular flexibility index (Phi) is 6.10. The summed E-state index contributed by atoms with van der Waals surface area (Å²) < 4.78 is 6.32. The van der Waals surface area contributed by atoms with Crippen LogP contribution in [0.4, 0.5) is 5.69 Å². The number of anilines is 1. The molecule has 0 spiro atoms. The van der Waals surface area contributed by atoms with Crippen LogP contribution in [0.3, 0.4) is 0 Å². The first-order valence-electron chi connectivity index (χ1n) is 6.03. The Morgan fingerprint density at radius 2 is 2.26 bits per heavy atom. The Morgan fingerprint density at radius 1 is 1.53 bits per heavy atom. The fourth-order valence-corrected chi connectivity index (χ4v) is 2.51. The van der Waals surface area contributed by atoms with Crippen molar-refractivity contribution in [2.24, 2.45) is 0 Å². The summed E-state index contributed by atoms with van der Waals surface area (Å²) in [6, 6.07) is 5.46. The summed E-state index contributed by atoms with van der Waals surface area (Å²) in [5.74, 6) is -0.112. The third kappa shape index (κ3) is 4.37. The van der Waals surface area contributed by atoms with Crippen molar-refractivity contribution in [2.45, 2.75) is 31.9 Å². The van der Waals surface area contributed by atoms with Crippen molar-refractivity contribution < 1.29 is 9.53 Å². The molecular formula is C13H18BrClN2O2. The van der Waals surface area contributed by atoms with Crippen LogP contribution in [0.25, 0.3) is 0 Å². The molecule has 2 rings (SSSR count). The number of nitrogen functional groups attached to an aromatic ring is 1. The molecule has 1 aromatic carbocycles. The zero-order valence-corrected chi connectivity index (χ0v) is 13.1. The number of ether oxygens (including phenoxy) is 1. The van der Waals surface area contributed by atoms with Crippen LogP contribution in [0.5, 0.6) is 0 Å². The van der Waals surface area contributed by atoms with Gasteiger partial charge in [-0.15, -0.1) is 12.4 Å². The standard InChI is InChI=1S/C13H17BrN2O2.ClH/c1-8-6-10(4-5-18-8)16-13(17)11-3-2-9(14)7-12(11)15;/h2-3,7-8,10H,4-6,15H2,1H3,(H,16,17);1H. The van der Waals surface area contributed by atoms with Gasteiger partial charge in [0.2, 0.25) is 0 Å². The number of rotatable bonds is 2. The van der Waals surface area contributed by atoms with Crippen molar-refractivity contribution in [3.8, 4) is 0 Å². The Labute approximate surface area is 127 Å². The van der Waals surface area contributed by atoms with Gasteiger partial charge in [0.1, 0.15) is 0 Å². The highest BCUT2D eigenvalue weighted by Gasteiger charge is 2.22. The molecule has 0 bridgehead atoms. The molecule has 0 aromatic heterocycles. The van der Waals surface area contributed by atoms with E-state index in [0.29, 0.717) is 17.9 Å². The third-order valence-electron chi connectivity index (χ3n) is 3.08. The zero-order chi connectivity index (χ0) is 13.1. The fraction of sp³-hybridized carbons (Fsp3) is 0.462. The Balaban J connectivity index is 0.00000180. The van der Waals surface area contributed by atoms with Crippen molar-refractivity contribution in [2.75, 3.05) is 12.3 Å². The molecule has 6 heteroatoms. The van der Waals surface area contributed by atoms with Crippen LogP contribution in [-0.2, 0) is 4.74 Å². The molecule has 1 saturated heterocycles. The van der Waals surface area contributed by atoms with E-state index in [1.807, 2.05) is 13.0 Å². The average Bonchev–Trinajstić information content (AvgIpc) is 2.28. The molecule has 0 saturated carbocycles. The second-order valence-electron chi connectivity index (χ2n) is 4.61. The molecule has 1 aromatic rings. The molecule has 1 heterocycles. The number of halogens is 2. The van der Waals surface area contributed by atoms with Crippen LogP contribution in [-0.4, -0.2) is 24.7 Å². The fourth-order valence-electron chi connectivity index (χ4n) is 2.13. The number of nitrogens with two attached hydrogens (primary N) is 1. The molecule has 0 aliphatic carbocycles. The van der Waals surface area contributed by atoms with Gasteiger partial charge in [-0.25, -0.2) is 0 Å². The number of benzene rings is 1. The molecular weight excluding hydrogens is 332 g/mol. The lowest BCUT2D eigenvalue weighted by molar-refractivity contribution is 0.0137. The normalized spacial score (nSPS) is 22.4. The van der Waals surface area contributed by atoms with E-state index in [4.69, 9.17) is 10.5 Å². The topological polar surface area (TPSA) is 64.4 Å². The average molecular weight is 350 g/mol. The lowest BCUT2D eigenvalue weighted by atomic mass is 10.0. The van der Waals surface area contributed by atoms with Crippen molar-refractivity contribution in [1.82, 2.24) is 5.32 Å². The third-order valence-corrected chi connectivity index (χ3v) is 3.57. The van der Waals surface area contributed by atoms with E-state index < -0.39 is 0 Å². The molecule has 2 unspecified atom stereocenters. The predicted molar refractivity (Wildman–Crippen MR) is 81.7 cm³/mol. The van der Waals surface area contributed by atoms with E-state index in [-0.39, 0.29) is 30.5 Å². The van der Waals surface area contributed by atoms with Crippen LogP contribution in [0, 0.1) is 0 Å². The number of carbonyl (C=O) groups is 1. The van der Waals surface area contributed by atoms with Crippen molar-refractivity contribution in [3.05, 3.63) is 28.2 Å². The van der Waals surface area contributed by atoms with Crippen molar-refractivity contribution >= 4 is 39.9 Å². The maximum Gasteiger partial charge on any atom is 0.253 e. The van der Waals surface area contributed by atoms with E-state index >= 15 is 0 Å². The van der Waals surface area contributed by atoms with E-state index in [1.165, 1.54) is 0 Å². The SMILES string of the molecule is CC1CC(NC(=O)c2ccc(Br)cc2N)CCO1.Cl. The highest BCUT2D eigenvalue weighted by atomic mass is 79.9. The summed E-state index contributed by atoms with van der Waals surface area (Å²) in [5, 5.41) is 3.01. The van der Waals surface area contributed by atoms with Gasteiger partial charge in [-0.1, -0.05) is 15.9 Å². The lowest BCUT2D eigenvalue weighted by Gasteiger charge is -2.28. The quantitative estimate of drug-likeness (QED) is 0.807. The van der Waals surface area contributed by atoms with E-state index in [2.05, 4.69) is 21.2 Å². The predicted octanol–water partition coefficient (Wildman–Crippen LogP) is 2.75. The second kappa shape index (κ2) is 7.12. The first kappa shape index (κ1) is 16.3.